The van der Waals surface area contributed by atoms with E-state index in [-0.39, 0.29) is 11.5 Å². The van der Waals surface area contributed by atoms with Crippen LogP contribution in [0.1, 0.15) is 38.1 Å². The number of ether oxygens (including phenoxy) is 1. The Morgan fingerprint density at radius 1 is 1.47 bits per heavy atom. The number of hydrogen-bond acceptors (Lipinski definition) is 5. The summed E-state index contributed by atoms with van der Waals surface area (Å²) in [4.78, 5) is 18.1. The first kappa shape index (κ1) is 15.3. The largest absolute Gasteiger partial charge is 0.465 e. The van der Waals surface area contributed by atoms with Crippen molar-refractivity contribution in [3.63, 3.8) is 0 Å². The van der Waals surface area contributed by atoms with Crippen LogP contribution in [0.4, 0.5) is 11.5 Å². The maximum absolute atomic E-state index is 11.8. The summed E-state index contributed by atoms with van der Waals surface area (Å²) >= 11 is 0. The smallest absolute Gasteiger partial charge is 0.341 e. The van der Waals surface area contributed by atoms with Crippen LogP contribution in [0.15, 0.2) is 12.3 Å². The van der Waals surface area contributed by atoms with Gasteiger partial charge in [-0.1, -0.05) is 20.8 Å². The highest BCUT2D eigenvalue weighted by Gasteiger charge is 2.27. The Labute approximate surface area is 114 Å². The van der Waals surface area contributed by atoms with E-state index in [0.29, 0.717) is 17.1 Å². The molecule has 0 bridgehead atoms. The molecule has 0 radical (unpaired) electrons. The Bertz CT molecular complexity index is 466. The number of nitrogens with zero attached hydrogens (tertiary/aromatic N) is 2. The van der Waals surface area contributed by atoms with Crippen molar-refractivity contribution < 1.29 is 9.53 Å². The SMILES string of the molecule is COC(=O)c1cc(N)cnc1N(C)C(C)C(C)(C)C. The average molecular weight is 265 g/mol. The summed E-state index contributed by atoms with van der Waals surface area (Å²) in [5.41, 5.74) is 6.59. The third-order valence-corrected chi connectivity index (χ3v) is 3.46. The van der Waals surface area contributed by atoms with E-state index in [4.69, 9.17) is 10.5 Å². The zero-order valence-electron chi connectivity index (χ0n) is 12.5. The van der Waals surface area contributed by atoms with Crippen molar-refractivity contribution in [3.05, 3.63) is 17.8 Å². The number of nitrogens with two attached hydrogens (primary N) is 1. The number of esters is 1. The average Bonchev–Trinajstić information content (AvgIpc) is 2.34. The molecule has 0 aliphatic carbocycles. The monoisotopic (exact) mass is 265 g/mol. The van der Waals surface area contributed by atoms with Crippen molar-refractivity contribution in [2.75, 3.05) is 24.8 Å². The maximum atomic E-state index is 11.8. The van der Waals surface area contributed by atoms with Gasteiger partial charge in [0.25, 0.3) is 0 Å². The van der Waals surface area contributed by atoms with Crippen molar-refractivity contribution >= 4 is 17.5 Å². The van der Waals surface area contributed by atoms with Crippen LogP contribution in [0.25, 0.3) is 0 Å². The molecule has 0 saturated carbocycles. The minimum absolute atomic E-state index is 0.0607. The second-order valence-corrected chi connectivity index (χ2v) is 5.78. The van der Waals surface area contributed by atoms with E-state index in [9.17, 15) is 4.79 Å². The predicted molar refractivity (Wildman–Crippen MR) is 77.3 cm³/mol. The molecule has 19 heavy (non-hydrogen) atoms. The van der Waals surface area contributed by atoms with Gasteiger partial charge in [0.1, 0.15) is 11.4 Å². The number of nitrogen functional groups attached to an aromatic ring is 1. The molecule has 1 atom stereocenters. The Kier molecular flexibility index (Phi) is 4.39. The Balaban J connectivity index is 3.23. The van der Waals surface area contributed by atoms with Crippen LogP contribution < -0.4 is 10.6 Å². The lowest BCUT2D eigenvalue weighted by molar-refractivity contribution is 0.0601. The van der Waals surface area contributed by atoms with Crippen molar-refractivity contribution in [1.82, 2.24) is 4.98 Å². The Morgan fingerprint density at radius 2 is 2.05 bits per heavy atom. The summed E-state index contributed by atoms with van der Waals surface area (Å²) in [5.74, 6) is 0.159. The third-order valence-electron chi connectivity index (χ3n) is 3.46. The van der Waals surface area contributed by atoms with Gasteiger partial charge in [-0.2, -0.15) is 0 Å². The fourth-order valence-electron chi connectivity index (χ4n) is 1.78. The lowest BCUT2D eigenvalue weighted by Crippen LogP contribution is -2.40. The predicted octanol–water partition coefficient (Wildman–Crippen LogP) is 2.32. The van der Waals surface area contributed by atoms with E-state index in [1.807, 2.05) is 11.9 Å². The molecule has 0 aliphatic heterocycles. The van der Waals surface area contributed by atoms with Gasteiger partial charge < -0.3 is 15.4 Å². The van der Waals surface area contributed by atoms with Gasteiger partial charge in [0.05, 0.1) is 19.0 Å². The standard InChI is InChI=1S/C14H23N3O2/c1-9(14(2,3)4)17(5)12-11(13(18)19-6)7-10(15)8-16-12/h7-9H,15H2,1-6H3. The van der Waals surface area contributed by atoms with Crippen molar-refractivity contribution in [1.29, 1.82) is 0 Å². The van der Waals surface area contributed by atoms with Gasteiger partial charge in [0.2, 0.25) is 0 Å². The minimum atomic E-state index is -0.428. The first-order valence-corrected chi connectivity index (χ1v) is 6.25. The molecule has 106 valence electrons. The number of hydrogen-bond donors (Lipinski definition) is 1. The van der Waals surface area contributed by atoms with Gasteiger partial charge >= 0.3 is 5.97 Å². The van der Waals surface area contributed by atoms with Crippen LogP contribution in [0.5, 0.6) is 0 Å². The normalized spacial score (nSPS) is 12.9. The lowest BCUT2D eigenvalue weighted by atomic mass is 9.87. The summed E-state index contributed by atoms with van der Waals surface area (Å²) in [6.07, 6.45) is 1.55. The third kappa shape index (κ3) is 3.36. The van der Waals surface area contributed by atoms with E-state index in [1.54, 1.807) is 12.3 Å². The second kappa shape index (κ2) is 5.47. The maximum Gasteiger partial charge on any atom is 0.341 e. The van der Waals surface area contributed by atoms with Crippen LogP contribution >= 0.6 is 0 Å². The highest BCUT2D eigenvalue weighted by atomic mass is 16.5. The second-order valence-electron chi connectivity index (χ2n) is 5.78. The van der Waals surface area contributed by atoms with Gasteiger partial charge in [-0.15, -0.1) is 0 Å². The van der Waals surface area contributed by atoms with E-state index in [1.165, 1.54) is 7.11 Å². The summed E-state index contributed by atoms with van der Waals surface area (Å²) in [5, 5.41) is 0. The summed E-state index contributed by atoms with van der Waals surface area (Å²) in [7, 11) is 3.27. The van der Waals surface area contributed by atoms with Crippen molar-refractivity contribution in [3.8, 4) is 0 Å². The molecule has 1 unspecified atom stereocenters. The number of rotatable bonds is 3. The molecule has 0 aromatic carbocycles. The van der Waals surface area contributed by atoms with Crippen LogP contribution in [-0.4, -0.2) is 31.2 Å². The molecular formula is C14H23N3O2. The topological polar surface area (TPSA) is 68.5 Å². The van der Waals surface area contributed by atoms with Gasteiger partial charge in [-0.25, -0.2) is 9.78 Å². The van der Waals surface area contributed by atoms with Crippen LogP contribution in [0.3, 0.4) is 0 Å². The Morgan fingerprint density at radius 3 is 2.53 bits per heavy atom. The first-order valence-electron chi connectivity index (χ1n) is 6.25. The zero-order valence-corrected chi connectivity index (χ0v) is 12.5. The number of anilines is 2. The van der Waals surface area contributed by atoms with E-state index in [2.05, 4.69) is 32.7 Å². The first-order chi connectivity index (χ1) is 8.68. The molecule has 0 saturated heterocycles. The van der Waals surface area contributed by atoms with E-state index < -0.39 is 5.97 Å². The number of carbonyl (C=O) groups is 1. The summed E-state index contributed by atoms with van der Waals surface area (Å²) < 4.78 is 4.79. The lowest BCUT2D eigenvalue weighted by Gasteiger charge is -2.36. The number of pyridine rings is 1. The molecule has 0 spiro atoms. The van der Waals surface area contributed by atoms with Crippen LogP contribution in [0.2, 0.25) is 0 Å². The summed E-state index contributed by atoms with van der Waals surface area (Å²) in [6.45, 7) is 8.52. The summed E-state index contributed by atoms with van der Waals surface area (Å²) in [6, 6.07) is 1.80. The fraction of sp³-hybridized carbons (Fsp3) is 0.571. The fourth-order valence-corrected chi connectivity index (χ4v) is 1.78. The highest BCUT2D eigenvalue weighted by molar-refractivity contribution is 5.95. The van der Waals surface area contributed by atoms with E-state index in [0.717, 1.165) is 0 Å². The number of carbonyl (C=O) groups excluding carboxylic acids is 1. The van der Waals surface area contributed by atoms with Crippen LogP contribution in [0, 0.1) is 5.41 Å². The molecule has 1 rings (SSSR count). The van der Waals surface area contributed by atoms with Crippen LogP contribution in [-0.2, 0) is 4.74 Å². The van der Waals surface area contributed by atoms with Crippen molar-refractivity contribution in [2.24, 2.45) is 5.41 Å². The van der Waals surface area contributed by atoms with Gasteiger partial charge in [-0.3, -0.25) is 0 Å². The van der Waals surface area contributed by atoms with Gasteiger partial charge in [0, 0.05) is 13.1 Å². The molecular weight excluding hydrogens is 242 g/mol. The number of aromatic nitrogens is 1. The van der Waals surface area contributed by atoms with Gasteiger partial charge in [-0.05, 0) is 18.4 Å². The molecule has 0 aliphatic rings. The van der Waals surface area contributed by atoms with E-state index >= 15 is 0 Å². The molecule has 0 amide bonds. The zero-order chi connectivity index (χ0) is 14.8. The minimum Gasteiger partial charge on any atom is -0.465 e. The molecule has 5 nitrogen and oxygen atoms in total. The molecule has 5 heteroatoms. The molecule has 1 heterocycles. The molecule has 0 fully saturated rings. The quantitative estimate of drug-likeness (QED) is 0.849. The Hall–Kier alpha value is -1.78. The number of methoxy groups -OCH3 is 1. The highest BCUT2D eigenvalue weighted by Crippen LogP contribution is 2.29. The molecule has 1 aromatic rings. The van der Waals surface area contributed by atoms with Gasteiger partial charge in [0.15, 0.2) is 0 Å². The molecule has 2 N–H and O–H groups in total. The van der Waals surface area contributed by atoms with Crippen molar-refractivity contribution in [2.45, 2.75) is 33.7 Å². The molecule has 1 aromatic heterocycles.